The van der Waals surface area contributed by atoms with Gasteiger partial charge in [-0.15, -0.1) is 0 Å². The highest BCUT2D eigenvalue weighted by atomic mass is 32.2. The molecule has 1 aliphatic rings. The number of para-hydroxylation sites is 6. The summed E-state index contributed by atoms with van der Waals surface area (Å²) in [5.41, 5.74) is 16.0. The zero-order valence-corrected chi connectivity index (χ0v) is 29.0. The van der Waals surface area contributed by atoms with E-state index < -0.39 is 0 Å². The van der Waals surface area contributed by atoms with Gasteiger partial charge in [-0.3, -0.25) is 17.9 Å². The van der Waals surface area contributed by atoms with Crippen molar-refractivity contribution in [2.24, 2.45) is 0 Å². The molecule has 0 saturated carbocycles. The number of hydrogen-bond donors (Lipinski definition) is 0. The van der Waals surface area contributed by atoms with E-state index in [0.717, 1.165) is 67.1 Å². The molecule has 6 aromatic carbocycles. The summed E-state index contributed by atoms with van der Waals surface area (Å²) in [6.45, 7) is 9.02. The molecule has 4 aromatic heterocycles. The first-order valence-electron chi connectivity index (χ1n) is 17.1. The molecule has 0 fully saturated rings. The Bertz CT molecular complexity index is 2870. The first kappa shape index (κ1) is 28.1. The summed E-state index contributed by atoms with van der Waals surface area (Å²) in [5.74, 6) is 1.87. The molecule has 0 atom stereocenters. The molecule has 1 aliphatic heterocycles. The zero-order chi connectivity index (χ0) is 33.5. The lowest BCUT2D eigenvalue weighted by molar-refractivity contribution is 0.606. The van der Waals surface area contributed by atoms with E-state index in [4.69, 9.17) is 9.97 Å². The van der Waals surface area contributed by atoms with Gasteiger partial charge >= 0.3 is 0 Å². The largest absolute Gasteiger partial charge is 0.278 e. The predicted molar refractivity (Wildman–Crippen MR) is 205 cm³/mol. The molecule has 0 saturated heterocycles. The lowest BCUT2D eigenvalue weighted by atomic mass is 9.77. The van der Waals surface area contributed by atoms with Gasteiger partial charge in [-0.05, 0) is 109 Å². The molecule has 11 rings (SSSR count). The van der Waals surface area contributed by atoms with E-state index in [-0.39, 0.29) is 5.41 Å². The molecule has 5 heterocycles. The van der Waals surface area contributed by atoms with Crippen molar-refractivity contribution in [3.8, 4) is 11.4 Å². The van der Waals surface area contributed by atoms with Crippen molar-refractivity contribution in [1.82, 2.24) is 27.9 Å². The van der Waals surface area contributed by atoms with Crippen LogP contribution < -0.4 is 0 Å². The minimum Gasteiger partial charge on any atom is -0.278 e. The molecule has 7 heteroatoms. The fraction of sp³-hybridized carbons (Fsp3) is 0.116. The van der Waals surface area contributed by atoms with Crippen molar-refractivity contribution in [3.05, 3.63) is 144 Å². The molecule has 0 N–H and O–H groups in total. The van der Waals surface area contributed by atoms with E-state index >= 15 is 0 Å². The van der Waals surface area contributed by atoms with Crippen molar-refractivity contribution < 1.29 is 0 Å². The fourth-order valence-corrected chi connectivity index (χ4v) is 9.73. The number of aryl methyl sites for hydroxylation is 2. The molecule has 0 radical (unpaired) electrons. The SMILES string of the molecule is Cc1cccc2c1nc1n(-c3ccc4c(c3)C(C)(C)c3cc(-n5c6ccccc6n6c7cccc(C)c7nc56)ccc3S4)c3ccccc3n21. The van der Waals surface area contributed by atoms with Crippen LogP contribution in [0.15, 0.2) is 131 Å². The average molecular weight is 665 g/mol. The standard InChI is InChI=1S/C43H32N6S/c1-25-11-9-17-35-39(25)44-41-46(31-13-5-7-15-33(31)48(35)41)27-19-21-37-29(23-27)43(3,4)30-24-28(20-22-38(30)50-37)47-32-14-6-8-16-34(32)49-36-18-10-12-26(2)40(36)45-42(47)49/h5-24H,1-4H3. The van der Waals surface area contributed by atoms with Crippen molar-refractivity contribution in [2.45, 2.75) is 42.9 Å². The number of hydrogen-bond acceptors (Lipinski definition) is 3. The van der Waals surface area contributed by atoms with Gasteiger partial charge in [-0.25, -0.2) is 9.97 Å². The molecule has 50 heavy (non-hydrogen) atoms. The number of benzene rings is 6. The molecule has 6 nitrogen and oxygen atoms in total. The van der Waals surface area contributed by atoms with E-state index in [1.165, 1.54) is 32.0 Å². The topological polar surface area (TPSA) is 44.5 Å². The van der Waals surface area contributed by atoms with E-state index in [9.17, 15) is 0 Å². The van der Waals surface area contributed by atoms with Crippen molar-refractivity contribution >= 4 is 67.5 Å². The van der Waals surface area contributed by atoms with Gasteiger partial charge in [0.05, 0.1) is 44.1 Å². The minimum atomic E-state index is -0.256. The Labute approximate surface area is 292 Å². The number of fused-ring (bicyclic) bond motifs is 12. The second kappa shape index (κ2) is 9.67. The Hall–Kier alpha value is -5.79. The summed E-state index contributed by atoms with van der Waals surface area (Å²) in [4.78, 5) is 13.0. The van der Waals surface area contributed by atoms with Crippen LogP contribution in [0.25, 0.3) is 67.1 Å². The first-order valence-corrected chi connectivity index (χ1v) is 17.9. The molecule has 0 aliphatic carbocycles. The Morgan fingerprint density at radius 2 is 0.900 bits per heavy atom. The molecular formula is C43H32N6S. The minimum absolute atomic E-state index is 0.256. The quantitative estimate of drug-likeness (QED) is 0.185. The van der Waals surface area contributed by atoms with E-state index in [0.29, 0.717) is 0 Å². The highest BCUT2D eigenvalue weighted by molar-refractivity contribution is 7.99. The van der Waals surface area contributed by atoms with Gasteiger partial charge in [0.2, 0.25) is 11.6 Å². The monoisotopic (exact) mass is 664 g/mol. The molecule has 240 valence electrons. The second-order valence-electron chi connectivity index (χ2n) is 14.1. The van der Waals surface area contributed by atoms with Crippen LogP contribution in [-0.2, 0) is 5.41 Å². The van der Waals surface area contributed by atoms with Crippen LogP contribution in [0.4, 0.5) is 0 Å². The van der Waals surface area contributed by atoms with Crippen molar-refractivity contribution in [2.75, 3.05) is 0 Å². The van der Waals surface area contributed by atoms with Crippen LogP contribution in [0.3, 0.4) is 0 Å². The maximum atomic E-state index is 5.23. The second-order valence-corrected chi connectivity index (χ2v) is 15.2. The Balaban J connectivity index is 1.11. The first-order chi connectivity index (χ1) is 24.4. The molecule has 0 amide bonds. The molecule has 0 bridgehead atoms. The Morgan fingerprint density at radius 1 is 0.480 bits per heavy atom. The van der Waals surface area contributed by atoms with Gasteiger partial charge in [0.1, 0.15) is 0 Å². The fourth-order valence-electron chi connectivity index (χ4n) is 8.37. The summed E-state index contributed by atoms with van der Waals surface area (Å²) in [7, 11) is 0. The van der Waals surface area contributed by atoms with Gasteiger partial charge in [0.25, 0.3) is 0 Å². The van der Waals surface area contributed by atoms with Crippen LogP contribution >= 0.6 is 11.8 Å². The summed E-state index contributed by atoms with van der Waals surface area (Å²) in [6.07, 6.45) is 0. The van der Waals surface area contributed by atoms with E-state index in [2.05, 4.69) is 167 Å². The van der Waals surface area contributed by atoms with Gasteiger partial charge in [0.15, 0.2) is 0 Å². The maximum absolute atomic E-state index is 5.23. The van der Waals surface area contributed by atoms with Crippen LogP contribution in [-0.4, -0.2) is 27.9 Å². The van der Waals surface area contributed by atoms with Crippen molar-refractivity contribution in [1.29, 1.82) is 0 Å². The highest BCUT2D eigenvalue weighted by Crippen LogP contribution is 2.50. The van der Waals surface area contributed by atoms with Gasteiger partial charge < -0.3 is 0 Å². The molecule has 10 aromatic rings. The Morgan fingerprint density at radius 3 is 1.36 bits per heavy atom. The summed E-state index contributed by atoms with van der Waals surface area (Å²) >= 11 is 1.86. The van der Waals surface area contributed by atoms with E-state index in [1.54, 1.807) is 0 Å². The summed E-state index contributed by atoms with van der Waals surface area (Å²) in [6, 6.07) is 44.1. The number of imidazole rings is 4. The normalized spacial score (nSPS) is 14.1. The van der Waals surface area contributed by atoms with Crippen LogP contribution in [0, 0.1) is 13.8 Å². The van der Waals surface area contributed by atoms with Gasteiger partial charge in [-0.2, -0.15) is 0 Å². The van der Waals surface area contributed by atoms with Crippen molar-refractivity contribution in [3.63, 3.8) is 0 Å². The number of aromatic nitrogens is 6. The predicted octanol–water partition coefficient (Wildman–Crippen LogP) is 10.6. The van der Waals surface area contributed by atoms with Crippen LogP contribution in [0.1, 0.15) is 36.1 Å². The lowest BCUT2D eigenvalue weighted by Gasteiger charge is -2.35. The third-order valence-electron chi connectivity index (χ3n) is 10.9. The van der Waals surface area contributed by atoms with Crippen LogP contribution in [0.5, 0.6) is 0 Å². The van der Waals surface area contributed by atoms with E-state index in [1.807, 2.05) is 11.8 Å². The maximum Gasteiger partial charge on any atom is 0.220 e. The van der Waals surface area contributed by atoms with Crippen LogP contribution in [0.2, 0.25) is 0 Å². The zero-order valence-electron chi connectivity index (χ0n) is 28.1. The van der Waals surface area contributed by atoms with Gasteiger partial charge in [-0.1, -0.05) is 74.1 Å². The smallest absolute Gasteiger partial charge is 0.220 e. The number of rotatable bonds is 2. The summed E-state index contributed by atoms with van der Waals surface area (Å²) in [5, 5.41) is 0. The molecular weight excluding hydrogens is 633 g/mol. The lowest BCUT2D eigenvalue weighted by Crippen LogP contribution is -2.24. The third kappa shape index (κ3) is 3.54. The average Bonchev–Trinajstić information content (AvgIpc) is 3.86. The van der Waals surface area contributed by atoms with Gasteiger partial charge in [0, 0.05) is 26.6 Å². The number of nitrogens with zero attached hydrogens (tertiary/aromatic N) is 6. The third-order valence-corrected chi connectivity index (χ3v) is 12.0. The Kier molecular flexibility index (Phi) is 5.43. The highest BCUT2D eigenvalue weighted by Gasteiger charge is 2.34. The molecule has 0 spiro atoms. The summed E-state index contributed by atoms with van der Waals surface area (Å²) < 4.78 is 9.27. The molecule has 0 unspecified atom stereocenters.